The normalized spacial score (nSPS) is 22.6. The van der Waals surface area contributed by atoms with Crippen molar-refractivity contribution in [2.24, 2.45) is 5.11 Å². The number of aromatic nitrogens is 3. The van der Waals surface area contributed by atoms with Crippen LogP contribution in [0.1, 0.15) is 80.4 Å². The molecule has 4 fully saturated rings. The molecule has 3 aromatic heterocycles. The molecule has 0 bridgehead atoms. The second-order valence-corrected chi connectivity index (χ2v) is 29.4. The zero-order chi connectivity index (χ0) is 68.8. The number of aliphatic hydroxyl groups excluding tert-OH is 3. The summed E-state index contributed by atoms with van der Waals surface area (Å²) in [6, 6.07) is 46.2. The molecule has 4 aliphatic heterocycles. The van der Waals surface area contributed by atoms with Crippen LogP contribution in [0.2, 0.25) is 0 Å². The number of azide groups is 1. The molecule has 3 N–H and O–H groups in total. The third-order valence-corrected chi connectivity index (χ3v) is 16.9. The molecule has 0 spiro atoms. The molecule has 1 unspecified atom stereocenters. The third-order valence-electron chi connectivity index (χ3n) is 16.2. The zero-order valence-electron chi connectivity index (χ0n) is 54.7. The minimum atomic E-state index is -1.83. The van der Waals surface area contributed by atoms with E-state index in [9.17, 15) is 33.9 Å². The van der Waals surface area contributed by atoms with E-state index in [0.29, 0.717) is 6.54 Å². The molecule has 25 nitrogen and oxygen atoms in total. The van der Waals surface area contributed by atoms with Crippen molar-refractivity contribution in [3.8, 4) is 0 Å². The average molecular weight is 1400 g/mol. The van der Waals surface area contributed by atoms with Crippen molar-refractivity contribution in [1.29, 1.82) is 0 Å². The van der Waals surface area contributed by atoms with Crippen LogP contribution in [0.15, 0.2) is 151 Å². The maximum Gasteiger partial charge on any atom is 1.00 e. The minimum absolute atomic E-state index is 0. The van der Waals surface area contributed by atoms with Gasteiger partial charge in [0.25, 0.3) is 0 Å². The van der Waals surface area contributed by atoms with Gasteiger partial charge in [-0.2, -0.15) is 4.21 Å². The Bertz CT molecular complexity index is 4250. The predicted octanol–water partition coefficient (Wildman–Crippen LogP) is 10.8. The Morgan fingerprint density at radius 2 is 0.781 bits per heavy atom. The molecule has 9 aromatic rings. The molecule has 30 heteroatoms. The van der Waals surface area contributed by atoms with Crippen LogP contribution in [0.4, 0.5) is 14.4 Å². The zero-order valence-corrected chi connectivity index (χ0v) is 59.8. The molecule has 6 aromatic carbocycles. The van der Waals surface area contributed by atoms with E-state index < -0.39 is 104 Å². The van der Waals surface area contributed by atoms with Crippen LogP contribution in [-0.4, -0.2) is 163 Å². The van der Waals surface area contributed by atoms with Gasteiger partial charge < -0.3 is 69.0 Å². The standard InChI is InChI=1S/C22H25N5O3.C22H24N2O5S.C22H26N2O4.Cl2OS.N3.Na/c1-22(2,3)30-21(29)26-12-16(24-25-23)20(28)19(13-26)27-17-10-6-4-8-14(17)15-9-5-7-11-18(15)27;1-22(2,3)27-21(25)23-12-18(20-19(13-23)28-30(26)29-20)24-16-10-6-4-8-14(16)15-9-5-7-11-17(15)24;1-22(2,3)28-21(27)23-12-18(20(26)19(25)13-23)24-16-10-6-4-8-14(16)15-9-5-7-11-17(15)24;1-4(2)3;1-3-2;/h4-11,16,19-20,28H,12-13H2,1-3H3;4-11,18-20H,12-13H2,1-3H3;4-11,18-20,25-26H,12-13H2,1-3H3;;;/q;;;;-1;+1/t16-,19+,20+;18-,19-,20+,30?;18-,19-,20+;;;/m100.../s1. The minimum Gasteiger partial charge on any atom is -0.444 e. The molecule has 96 heavy (non-hydrogen) atoms. The van der Waals surface area contributed by atoms with Crippen molar-refractivity contribution in [3.63, 3.8) is 0 Å². The van der Waals surface area contributed by atoms with Crippen LogP contribution in [-0.2, 0) is 43.2 Å². The summed E-state index contributed by atoms with van der Waals surface area (Å²) in [4.78, 5) is 47.3. The number of hydrogen-bond donors (Lipinski definition) is 3. The fraction of sp³-hybridized carbons (Fsp3) is 0.409. The van der Waals surface area contributed by atoms with E-state index in [0.717, 1.165) is 65.4 Å². The average Bonchev–Trinajstić information content (AvgIpc) is 1.59. The third kappa shape index (κ3) is 17.2. The summed E-state index contributed by atoms with van der Waals surface area (Å²) in [6.07, 6.45) is -5.28. The number of hydrogen-bond acceptors (Lipinski definition) is 14. The Kier molecular flexibility index (Phi) is 24.5. The van der Waals surface area contributed by atoms with Gasteiger partial charge in [0.15, 0.2) is 0 Å². The molecule has 4 saturated heterocycles. The van der Waals surface area contributed by atoms with Crippen LogP contribution in [0.25, 0.3) is 91.8 Å². The first-order chi connectivity index (χ1) is 45.0. The van der Waals surface area contributed by atoms with Gasteiger partial charge in [0.1, 0.15) is 35.1 Å². The van der Waals surface area contributed by atoms with Crippen LogP contribution in [0.3, 0.4) is 0 Å². The van der Waals surface area contributed by atoms with E-state index in [2.05, 4.69) is 60.2 Å². The van der Waals surface area contributed by atoms with Crippen LogP contribution >= 0.6 is 21.4 Å². The Labute approximate surface area is 590 Å². The number of ether oxygens (including phenoxy) is 3. The van der Waals surface area contributed by atoms with Crippen molar-refractivity contribution in [2.45, 2.75) is 134 Å². The predicted molar refractivity (Wildman–Crippen MR) is 368 cm³/mol. The number of para-hydroxylation sites is 6. The summed E-state index contributed by atoms with van der Waals surface area (Å²) in [5, 5.41) is 42.7. The topological polar surface area (TPSA) is 324 Å². The fourth-order valence-electron chi connectivity index (χ4n) is 12.6. The van der Waals surface area contributed by atoms with E-state index in [-0.39, 0.29) is 68.3 Å². The Balaban J connectivity index is 0.000000175. The van der Waals surface area contributed by atoms with E-state index in [1.54, 1.807) is 25.7 Å². The van der Waals surface area contributed by atoms with E-state index in [1.807, 2.05) is 172 Å². The van der Waals surface area contributed by atoms with Gasteiger partial charge in [-0.25, -0.2) is 18.6 Å². The van der Waals surface area contributed by atoms with Gasteiger partial charge >= 0.3 is 59.2 Å². The van der Waals surface area contributed by atoms with Crippen LogP contribution in [0.5, 0.6) is 0 Å². The van der Waals surface area contributed by atoms with E-state index in [4.69, 9.17) is 43.4 Å². The summed E-state index contributed by atoms with van der Waals surface area (Å²) < 4.78 is 55.3. The van der Waals surface area contributed by atoms with E-state index in [1.165, 1.54) is 14.7 Å². The number of aliphatic hydroxyl groups is 3. The number of amides is 3. The summed E-state index contributed by atoms with van der Waals surface area (Å²) >= 11 is -1.83. The second-order valence-electron chi connectivity index (χ2n) is 26.1. The van der Waals surface area contributed by atoms with Gasteiger partial charge in [-0.15, -0.1) is 0 Å². The Morgan fingerprint density at radius 3 is 1.10 bits per heavy atom. The summed E-state index contributed by atoms with van der Waals surface area (Å²) in [5.41, 5.74) is 26.5. The first kappa shape index (κ1) is 74.6. The fourth-order valence-corrected chi connectivity index (χ4v) is 13.5. The van der Waals surface area contributed by atoms with Gasteiger partial charge in [0, 0.05) is 118 Å². The summed E-state index contributed by atoms with van der Waals surface area (Å²) in [5.74, 6) is 0. The number of halogens is 2. The van der Waals surface area contributed by atoms with Crippen molar-refractivity contribution < 1.29 is 90.3 Å². The number of nitrogens with zero attached hydrogens (tertiary/aromatic N) is 12. The molecule has 4 aliphatic rings. The number of β-amino-alcohol motifs (C(OH)–C–C–N with tert-alkyl or cyclic N) is 1. The molecule has 504 valence electrons. The number of fused-ring (bicyclic) bond motifs is 10. The smallest absolute Gasteiger partial charge is 0.444 e. The quantitative estimate of drug-likeness (QED) is 0.0369. The number of likely N-dealkylation sites (tertiary alicyclic amines) is 3. The first-order valence-electron chi connectivity index (χ1n) is 30.5. The molecule has 13 rings (SSSR count). The van der Waals surface area contributed by atoms with Crippen LogP contribution < -0.4 is 29.6 Å². The van der Waals surface area contributed by atoms with Crippen LogP contribution in [0, 0.1) is 0 Å². The van der Waals surface area contributed by atoms with Crippen molar-refractivity contribution >= 4 is 126 Å². The van der Waals surface area contributed by atoms with Gasteiger partial charge in [-0.3, -0.25) is 13.3 Å². The maximum absolute atomic E-state index is 12.8. The molecule has 3 amide bonds. The number of benzene rings is 6. The SMILES string of the molecule is CC(C)(C)OC(=O)N1C[C@@H](N=[N+]=[N-])[C@H](O)[C@@H](n2c3ccccc3c3ccccc32)C1.CC(C)(C)OC(=O)N1C[C@@H]2OS(=O)O[C@@H]2[C@@H](n2c3ccccc3c3ccccc32)C1.CC(C)(C)OC(=O)N1C[C@H](O)[C@H](O)[C@@H](n2c3ccccc3c3ccccc32)C1.O=S(Cl)Cl.[N-]=[N+]=[N-].[Na+]. The summed E-state index contributed by atoms with van der Waals surface area (Å²) in [6.45, 7) is 17.7. The first-order valence-corrected chi connectivity index (χ1v) is 34.3. The van der Waals surface area contributed by atoms with Gasteiger partial charge in [-0.05, 0) is 104 Å². The Hall–Kier alpha value is -7.17. The molecule has 0 aliphatic carbocycles. The van der Waals surface area contributed by atoms with Crippen molar-refractivity contribution in [3.05, 3.63) is 172 Å². The van der Waals surface area contributed by atoms with Gasteiger partial charge in [0.05, 0.1) is 49.5 Å². The number of piperidine rings is 3. The molecule has 0 saturated carbocycles. The summed E-state index contributed by atoms with van der Waals surface area (Å²) in [7, 11) is 7.36. The number of rotatable bonds is 4. The number of carbonyl (C=O) groups is 3. The largest absolute Gasteiger partial charge is 1.00 e. The van der Waals surface area contributed by atoms with Crippen molar-refractivity contribution in [2.75, 3.05) is 39.3 Å². The number of carbonyl (C=O) groups excluding carboxylic acids is 3. The maximum atomic E-state index is 12.8. The molecular formula is C66H75Cl2N12NaO13S2. The van der Waals surface area contributed by atoms with Gasteiger partial charge in [-0.1, -0.05) is 114 Å². The monoisotopic (exact) mass is 1400 g/mol. The van der Waals surface area contributed by atoms with Crippen molar-refractivity contribution in [1.82, 2.24) is 28.4 Å². The molecule has 7 heterocycles. The molecule has 10 atom stereocenters. The second kappa shape index (κ2) is 31.6. The molecular weight excluding hydrogens is 1330 g/mol. The van der Waals surface area contributed by atoms with E-state index >= 15 is 0 Å². The van der Waals surface area contributed by atoms with Gasteiger partial charge in [0.2, 0.25) is 9.23 Å². The Morgan fingerprint density at radius 1 is 0.500 bits per heavy atom. The molecule has 0 radical (unpaired) electrons.